The van der Waals surface area contributed by atoms with Crippen molar-refractivity contribution in [2.24, 2.45) is 0 Å². The number of nitrogens with zero attached hydrogens (tertiary/aromatic N) is 1. The summed E-state index contributed by atoms with van der Waals surface area (Å²) in [5.74, 6) is -0.351. The molecule has 0 aliphatic heterocycles. The molecule has 4 N–H and O–H groups in total. The van der Waals surface area contributed by atoms with Gasteiger partial charge in [0.2, 0.25) is 0 Å². The van der Waals surface area contributed by atoms with Gasteiger partial charge in [0, 0.05) is 12.2 Å². The molecular formula is C13H13F3N4O. The number of carbonyl (C=O) groups excluding carboxylic acids is 1. The lowest BCUT2D eigenvalue weighted by Gasteiger charge is -2.08. The molecular weight excluding hydrogens is 285 g/mol. The normalized spacial score (nSPS) is 11.4. The molecule has 5 nitrogen and oxygen atoms in total. The predicted octanol–water partition coefficient (Wildman–Crippen LogP) is 2.25. The van der Waals surface area contributed by atoms with E-state index in [0.717, 1.165) is 12.1 Å². The lowest BCUT2D eigenvalue weighted by atomic mass is 10.1. The molecule has 0 aliphatic carbocycles. The standard InChI is InChI=1S/C13H13F3N4O/c1-7-10(11(17)20-19-7)12(21)18-6-8-2-4-9(5-3-8)13(14,15)16/h2-5H,6H2,1H3,(H,18,21)(H3,17,19,20). The molecule has 0 radical (unpaired) electrons. The number of nitrogen functional groups attached to an aromatic ring is 1. The Balaban J connectivity index is 2.02. The van der Waals surface area contributed by atoms with E-state index >= 15 is 0 Å². The minimum atomic E-state index is -4.37. The summed E-state index contributed by atoms with van der Waals surface area (Å²) in [4.78, 5) is 11.9. The first-order valence-electron chi connectivity index (χ1n) is 6.04. The molecule has 0 aliphatic rings. The van der Waals surface area contributed by atoms with Gasteiger partial charge in [-0.05, 0) is 24.6 Å². The number of amides is 1. The summed E-state index contributed by atoms with van der Waals surface area (Å²) in [5, 5.41) is 8.86. The Morgan fingerprint density at radius 3 is 2.43 bits per heavy atom. The van der Waals surface area contributed by atoms with Crippen LogP contribution in [0.1, 0.15) is 27.2 Å². The van der Waals surface area contributed by atoms with Gasteiger partial charge in [0.15, 0.2) is 5.82 Å². The molecule has 8 heteroatoms. The van der Waals surface area contributed by atoms with Gasteiger partial charge in [0.25, 0.3) is 5.91 Å². The van der Waals surface area contributed by atoms with E-state index in [2.05, 4.69) is 15.5 Å². The first-order valence-corrected chi connectivity index (χ1v) is 6.04. The van der Waals surface area contributed by atoms with Gasteiger partial charge in [-0.15, -0.1) is 0 Å². The van der Waals surface area contributed by atoms with Crippen molar-refractivity contribution < 1.29 is 18.0 Å². The van der Waals surface area contributed by atoms with Crippen LogP contribution in [0.2, 0.25) is 0 Å². The molecule has 2 rings (SSSR count). The Labute approximate surface area is 118 Å². The molecule has 1 heterocycles. The number of H-pyrrole nitrogens is 1. The van der Waals surface area contributed by atoms with E-state index in [0.29, 0.717) is 11.3 Å². The molecule has 112 valence electrons. The fraction of sp³-hybridized carbons (Fsp3) is 0.231. The Hall–Kier alpha value is -2.51. The summed E-state index contributed by atoms with van der Waals surface area (Å²) < 4.78 is 37.2. The van der Waals surface area contributed by atoms with Crippen molar-refractivity contribution in [3.63, 3.8) is 0 Å². The van der Waals surface area contributed by atoms with Crippen molar-refractivity contribution in [3.8, 4) is 0 Å². The van der Waals surface area contributed by atoms with Crippen LogP contribution in [0, 0.1) is 6.92 Å². The number of aromatic nitrogens is 2. The Morgan fingerprint density at radius 1 is 1.33 bits per heavy atom. The van der Waals surface area contributed by atoms with Crippen molar-refractivity contribution in [2.75, 3.05) is 5.73 Å². The SMILES string of the molecule is Cc1[nH]nc(N)c1C(=O)NCc1ccc(C(F)(F)F)cc1. The molecule has 0 atom stereocenters. The fourth-order valence-electron chi connectivity index (χ4n) is 1.82. The number of nitrogens with two attached hydrogens (primary N) is 1. The largest absolute Gasteiger partial charge is 0.416 e. The van der Waals surface area contributed by atoms with Crippen molar-refractivity contribution in [1.82, 2.24) is 15.5 Å². The second-order valence-electron chi connectivity index (χ2n) is 4.49. The number of alkyl halides is 3. The van der Waals surface area contributed by atoms with Gasteiger partial charge in [-0.25, -0.2) is 0 Å². The van der Waals surface area contributed by atoms with Crippen LogP contribution in [0.3, 0.4) is 0 Å². The summed E-state index contributed by atoms with van der Waals surface area (Å²) in [7, 11) is 0. The van der Waals surface area contributed by atoms with Crippen molar-refractivity contribution in [2.45, 2.75) is 19.6 Å². The maximum Gasteiger partial charge on any atom is 0.416 e. The van der Waals surface area contributed by atoms with Gasteiger partial charge in [-0.2, -0.15) is 18.3 Å². The van der Waals surface area contributed by atoms with Crippen LogP contribution >= 0.6 is 0 Å². The Morgan fingerprint density at radius 2 is 1.95 bits per heavy atom. The number of aromatic amines is 1. The highest BCUT2D eigenvalue weighted by molar-refractivity contribution is 5.99. The summed E-state index contributed by atoms with van der Waals surface area (Å²) in [6.45, 7) is 1.75. The van der Waals surface area contributed by atoms with E-state index in [1.807, 2.05) is 0 Å². The molecule has 0 saturated heterocycles. The van der Waals surface area contributed by atoms with Gasteiger partial charge in [-0.1, -0.05) is 12.1 Å². The van der Waals surface area contributed by atoms with Crippen LogP contribution in [-0.2, 0) is 12.7 Å². The third-order valence-electron chi connectivity index (χ3n) is 2.94. The number of rotatable bonds is 3. The van der Waals surface area contributed by atoms with E-state index in [4.69, 9.17) is 5.73 Å². The first kappa shape index (κ1) is 14.9. The molecule has 1 aromatic carbocycles. The minimum Gasteiger partial charge on any atom is -0.382 e. The summed E-state index contributed by atoms with van der Waals surface area (Å²) in [6.07, 6.45) is -4.37. The van der Waals surface area contributed by atoms with E-state index in [9.17, 15) is 18.0 Å². The van der Waals surface area contributed by atoms with E-state index in [1.165, 1.54) is 12.1 Å². The number of hydrogen-bond acceptors (Lipinski definition) is 3. The Bertz CT molecular complexity index is 627. The van der Waals surface area contributed by atoms with Gasteiger partial charge in [0.1, 0.15) is 5.56 Å². The topological polar surface area (TPSA) is 83.8 Å². The van der Waals surface area contributed by atoms with Crippen LogP contribution in [0.4, 0.5) is 19.0 Å². The first-order chi connectivity index (χ1) is 9.79. The third kappa shape index (κ3) is 3.33. The zero-order valence-corrected chi connectivity index (χ0v) is 11.1. The fourth-order valence-corrected chi connectivity index (χ4v) is 1.82. The average Bonchev–Trinajstić information content (AvgIpc) is 2.75. The van der Waals surface area contributed by atoms with Crippen LogP contribution in [0.25, 0.3) is 0 Å². The van der Waals surface area contributed by atoms with Gasteiger partial charge in [0.05, 0.1) is 5.56 Å². The highest BCUT2D eigenvalue weighted by Crippen LogP contribution is 2.29. The van der Waals surface area contributed by atoms with Crippen molar-refractivity contribution in [1.29, 1.82) is 0 Å². The summed E-state index contributed by atoms with van der Waals surface area (Å²) >= 11 is 0. The van der Waals surface area contributed by atoms with Gasteiger partial charge < -0.3 is 11.1 Å². The highest BCUT2D eigenvalue weighted by Gasteiger charge is 2.29. The third-order valence-corrected chi connectivity index (χ3v) is 2.94. The molecule has 1 amide bonds. The minimum absolute atomic E-state index is 0.0809. The summed E-state index contributed by atoms with van der Waals surface area (Å²) in [6, 6.07) is 4.57. The zero-order valence-electron chi connectivity index (χ0n) is 11.1. The maximum atomic E-state index is 12.4. The van der Waals surface area contributed by atoms with E-state index in [-0.39, 0.29) is 17.9 Å². The van der Waals surface area contributed by atoms with Crippen LogP contribution < -0.4 is 11.1 Å². The van der Waals surface area contributed by atoms with Crippen LogP contribution in [0.15, 0.2) is 24.3 Å². The van der Waals surface area contributed by atoms with Crippen LogP contribution in [-0.4, -0.2) is 16.1 Å². The number of carbonyl (C=O) groups is 1. The zero-order chi connectivity index (χ0) is 15.6. The van der Waals surface area contributed by atoms with E-state index in [1.54, 1.807) is 6.92 Å². The smallest absolute Gasteiger partial charge is 0.382 e. The Kier molecular flexibility index (Phi) is 3.88. The van der Waals surface area contributed by atoms with Gasteiger partial charge >= 0.3 is 6.18 Å². The number of nitrogens with one attached hydrogen (secondary N) is 2. The number of halogens is 3. The number of benzene rings is 1. The lowest BCUT2D eigenvalue weighted by Crippen LogP contribution is -2.24. The highest BCUT2D eigenvalue weighted by atomic mass is 19.4. The molecule has 0 fully saturated rings. The molecule has 0 spiro atoms. The molecule has 0 saturated carbocycles. The maximum absolute atomic E-state index is 12.4. The van der Waals surface area contributed by atoms with Crippen LogP contribution in [0.5, 0.6) is 0 Å². The predicted molar refractivity (Wildman–Crippen MR) is 70.4 cm³/mol. The number of anilines is 1. The van der Waals surface area contributed by atoms with Gasteiger partial charge in [-0.3, -0.25) is 9.89 Å². The molecule has 1 aromatic heterocycles. The van der Waals surface area contributed by atoms with Crippen molar-refractivity contribution in [3.05, 3.63) is 46.6 Å². The lowest BCUT2D eigenvalue weighted by molar-refractivity contribution is -0.137. The number of aryl methyl sites for hydroxylation is 1. The summed E-state index contributed by atoms with van der Waals surface area (Å²) in [5.41, 5.74) is 6.14. The molecule has 2 aromatic rings. The second-order valence-corrected chi connectivity index (χ2v) is 4.49. The molecule has 0 bridgehead atoms. The van der Waals surface area contributed by atoms with E-state index < -0.39 is 17.6 Å². The monoisotopic (exact) mass is 298 g/mol. The average molecular weight is 298 g/mol. The number of hydrogen-bond donors (Lipinski definition) is 3. The van der Waals surface area contributed by atoms with Crippen molar-refractivity contribution >= 4 is 11.7 Å². The molecule has 0 unspecified atom stereocenters. The molecule has 21 heavy (non-hydrogen) atoms. The quantitative estimate of drug-likeness (QED) is 0.812. The second kappa shape index (κ2) is 5.47.